The van der Waals surface area contributed by atoms with E-state index in [-0.39, 0.29) is 5.56 Å². The molecule has 112 valence electrons. The van der Waals surface area contributed by atoms with E-state index in [1.807, 2.05) is 6.92 Å². The van der Waals surface area contributed by atoms with Crippen LogP contribution in [0.25, 0.3) is 0 Å². The largest absolute Gasteiger partial charge is 0.478 e. The third-order valence-corrected chi connectivity index (χ3v) is 2.86. The van der Waals surface area contributed by atoms with Gasteiger partial charge in [-0.1, -0.05) is 18.5 Å². The lowest BCUT2D eigenvalue weighted by atomic mass is 10.1. The first kappa shape index (κ1) is 15.0. The fourth-order valence-corrected chi connectivity index (χ4v) is 1.93. The quantitative estimate of drug-likeness (QED) is 0.804. The number of nitrogens with one attached hydrogen (secondary N) is 1. The molecule has 2 N–H and O–H groups in total. The number of carboxylic acids is 1. The number of rotatable bonds is 7. The lowest BCUT2D eigenvalue weighted by Crippen LogP contribution is -2.10. The Morgan fingerprint density at radius 3 is 2.76 bits per heavy atom. The molecule has 0 radical (unpaired) electrons. The normalized spacial score (nSPS) is 10.6. The smallest absolute Gasteiger partial charge is 0.335 e. The van der Waals surface area contributed by atoms with Gasteiger partial charge in [-0.3, -0.25) is 0 Å². The van der Waals surface area contributed by atoms with E-state index < -0.39 is 5.97 Å². The number of anilines is 1. The molecule has 2 rings (SSSR count). The highest BCUT2D eigenvalue weighted by Gasteiger charge is 2.08. The van der Waals surface area contributed by atoms with Crippen molar-refractivity contribution in [1.82, 2.24) is 15.1 Å². The van der Waals surface area contributed by atoms with E-state index in [1.54, 1.807) is 13.0 Å². The minimum absolute atomic E-state index is 0.242. The van der Waals surface area contributed by atoms with Crippen molar-refractivity contribution in [3.05, 3.63) is 35.1 Å². The van der Waals surface area contributed by atoms with Crippen LogP contribution in [-0.4, -0.2) is 32.7 Å². The van der Waals surface area contributed by atoms with E-state index in [0.29, 0.717) is 30.5 Å². The molecule has 0 spiro atoms. The van der Waals surface area contributed by atoms with Crippen LogP contribution in [0.3, 0.4) is 0 Å². The van der Waals surface area contributed by atoms with Crippen LogP contribution in [0.15, 0.2) is 16.7 Å². The first-order valence-electron chi connectivity index (χ1n) is 6.85. The summed E-state index contributed by atoms with van der Waals surface area (Å²) in [4.78, 5) is 19.6. The Morgan fingerprint density at radius 2 is 2.14 bits per heavy atom. The Bertz CT molecular complexity index is 624. The van der Waals surface area contributed by atoms with Gasteiger partial charge in [0.05, 0.1) is 5.56 Å². The predicted molar refractivity (Wildman–Crippen MR) is 76.4 cm³/mol. The summed E-state index contributed by atoms with van der Waals surface area (Å²) in [6, 6.07) is 3.14. The van der Waals surface area contributed by atoms with Gasteiger partial charge in [0.25, 0.3) is 0 Å². The van der Waals surface area contributed by atoms with Gasteiger partial charge >= 0.3 is 5.97 Å². The van der Waals surface area contributed by atoms with E-state index in [1.165, 1.54) is 6.07 Å². The number of aromatic carboxylic acids is 1. The molecule has 0 atom stereocenters. The maximum Gasteiger partial charge on any atom is 0.335 e. The molecule has 0 amide bonds. The molecular formula is C14H18N4O3. The van der Waals surface area contributed by atoms with Crippen molar-refractivity contribution in [2.75, 3.05) is 11.9 Å². The maximum atomic E-state index is 11.1. The highest BCUT2D eigenvalue weighted by atomic mass is 16.5. The van der Waals surface area contributed by atoms with Gasteiger partial charge < -0.3 is 14.9 Å². The number of aromatic nitrogens is 3. The zero-order chi connectivity index (χ0) is 15.2. The SMILES string of the molecule is CCCc1cc(C(=O)O)cc(NCCc2noc(C)n2)n1. The van der Waals surface area contributed by atoms with Gasteiger partial charge in [-0.2, -0.15) is 4.98 Å². The number of aryl methyl sites for hydroxylation is 2. The summed E-state index contributed by atoms with van der Waals surface area (Å²) in [7, 11) is 0. The summed E-state index contributed by atoms with van der Waals surface area (Å²) in [6.45, 7) is 4.32. The van der Waals surface area contributed by atoms with Crippen molar-refractivity contribution in [3.63, 3.8) is 0 Å². The summed E-state index contributed by atoms with van der Waals surface area (Å²) in [5, 5.41) is 16.0. The second-order valence-electron chi connectivity index (χ2n) is 4.69. The third-order valence-electron chi connectivity index (χ3n) is 2.86. The molecule has 2 heterocycles. The highest BCUT2D eigenvalue weighted by molar-refractivity contribution is 5.88. The van der Waals surface area contributed by atoms with Crippen molar-refractivity contribution in [2.24, 2.45) is 0 Å². The molecule has 7 heteroatoms. The summed E-state index contributed by atoms with van der Waals surface area (Å²) in [5.74, 6) is 0.745. The second kappa shape index (κ2) is 6.83. The lowest BCUT2D eigenvalue weighted by Gasteiger charge is -2.08. The molecule has 0 unspecified atom stereocenters. The predicted octanol–water partition coefficient (Wildman–Crippen LogP) is 2.08. The maximum absolute atomic E-state index is 11.1. The molecule has 0 bridgehead atoms. The van der Waals surface area contributed by atoms with Crippen molar-refractivity contribution in [3.8, 4) is 0 Å². The molecule has 0 saturated heterocycles. The summed E-state index contributed by atoms with van der Waals surface area (Å²) < 4.78 is 4.89. The Labute approximate surface area is 122 Å². The van der Waals surface area contributed by atoms with Gasteiger partial charge in [-0.05, 0) is 18.6 Å². The van der Waals surface area contributed by atoms with Gasteiger partial charge in [0.1, 0.15) is 5.82 Å². The van der Waals surface area contributed by atoms with Gasteiger partial charge in [0.15, 0.2) is 5.82 Å². The number of pyridine rings is 1. The van der Waals surface area contributed by atoms with Crippen molar-refractivity contribution >= 4 is 11.8 Å². The average molecular weight is 290 g/mol. The second-order valence-corrected chi connectivity index (χ2v) is 4.69. The minimum atomic E-state index is -0.952. The van der Waals surface area contributed by atoms with Gasteiger partial charge in [0.2, 0.25) is 5.89 Å². The fraction of sp³-hybridized carbons (Fsp3) is 0.429. The van der Waals surface area contributed by atoms with Crippen LogP contribution in [-0.2, 0) is 12.8 Å². The van der Waals surface area contributed by atoms with Gasteiger partial charge in [-0.15, -0.1) is 0 Å². The standard InChI is InChI=1S/C14H18N4O3/c1-3-4-11-7-10(14(19)20)8-13(17-11)15-6-5-12-16-9(2)21-18-12/h7-8H,3-6H2,1-2H3,(H,15,17)(H,19,20). The van der Waals surface area contributed by atoms with Gasteiger partial charge in [-0.25, -0.2) is 9.78 Å². The zero-order valence-corrected chi connectivity index (χ0v) is 12.1. The van der Waals surface area contributed by atoms with E-state index in [9.17, 15) is 4.79 Å². The Kier molecular flexibility index (Phi) is 4.86. The van der Waals surface area contributed by atoms with Crippen molar-refractivity contribution < 1.29 is 14.4 Å². The van der Waals surface area contributed by atoms with E-state index in [2.05, 4.69) is 20.4 Å². The van der Waals surface area contributed by atoms with Crippen LogP contribution in [0, 0.1) is 6.92 Å². The van der Waals surface area contributed by atoms with Gasteiger partial charge in [0, 0.05) is 25.6 Å². The van der Waals surface area contributed by atoms with Crippen LogP contribution in [0.1, 0.15) is 41.1 Å². The molecule has 0 saturated carbocycles. The first-order chi connectivity index (χ1) is 10.1. The molecule has 0 aromatic carbocycles. The summed E-state index contributed by atoms with van der Waals surface area (Å²) in [6.07, 6.45) is 2.25. The topological polar surface area (TPSA) is 101 Å². The number of nitrogens with zero attached hydrogens (tertiary/aromatic N) is 3. The molecule has 0 fully saturated rings. The molecular weight excluding hydrogens is 272 g/mol. The van der Waals surface area contributed by atoms with Crippen molar-refractivity contribution in [1.29, 1.82) is 0 Å². The molecule has 7 nitrogen and oxygen atoms in total. The van der Waals surface area contributed by atoms with Crippen molar-refractivity contribution in [2.45, 2.75) is 33.1 Å². The van der Waals surface area contributed by atoms with Crippen LogP contribution in [0.2, 0.25) is 0 Å². The number of carboxylic acid groups (broad SMARTS) is 1. The zero-order valence-electron chi connectivity index (χ0n) is 12.1. The molecule has 0 aliphatic heterocycles. The molecule has 21 heavy (non-hydrogen) atoms. The molecule has 2 aromatic heterocycles. The fourth-order valence-electron chi connectivity index (χ4n) is 1.93. The number of hydrogen-bond acceptors (Lipinski definition) is 6. The Hall–Kier alpha value is -2.44. The van der Waals surface area contributed by atoms with Crippen LogP contribution < -0.4 is 5.32 Å². The highest BCUT2D eigenvalue weighted by Crippen LogP contribution is 2.12. The minimum Gasteiger partial charge on any atom is -0.478 e. The van der Waals surface area contributed by atoms with Crippen LogP contribution >= 0.6 is 0 Å². The number of hydrogen-bond donors (Lipinski definition) is 2. The Balaban J connectivity index is 2.02. The van der Waals surface area contributed by atoms with E-state index in [0.717, 1.165) is 18.5 Å². The van der Waals surface area contributed by atoms with E-state index >= 15 is 0 Å². The summed E-state index contributed by atoms with van der Waals surface area (Å²) >= 11 is 0. The van der Waals surface area contributed by atoms with Crippen LogP contribution in [0.4, 0.5) is 5.82 Å². The first-order valence-corrected chi connectivity index (χ1v) is 6.85. The lowest BCUT2D eigenvalue weighted by molar-refractivity contribution is 0.0696. The molecule has 0 aliphatic rings. The third kappa shape index (κ3) is 4.27. The van der Waals surface area contributed by atoms with E-state index in [4.69, 9.17) is 9.63 Å². The molecule has 2 aromatic rings. The monoisotopic (exact) mass is 290 g/mol. The average Bonchev–Trinajstić information content (AvgIpc) is 2.84. The number of carbonyl (C=O) groups is 1. The molecule has 0 aliphatic carbocycles. The Morgan fingerprint density at radius 1 is 1.33 bits per heavy atom. The van der Waals surface area contributed by atoms with Crippen LogP contribution in [0.5, 0.6) is 0 Å². The summed E-state index contributed by atoms with van der Waals surface area (Å²) in [5.41, 5.74) is 1.02.